The van der Waals surface area contributed by atoms with Gasteiger partial charge in [0.15, 0.2) is 0 Å². The van der Waals surface area contributed by atoms with E-state index < -0.39 is 0 Å². The number of carbonyl (C=O) groups is 1. The second-order valence-corrected chi connectivity index (χ2v) is 4.46. The summed E-state index contributed by atoms with van der Waals surface area (Å²) < 4.78 is 0. The van der Waals surface area contributed by atoms with E-state index in [9.17, 15) is 4.79 Å². The van der Waals surface area contributed by atoms with Crippen molar-refractivity contribution in [3.05, 3.63) is 0 Å². The van der Waals surface area contributed by atoms with Crippen LogP contribution in [0.25, 0.3) is 0 Å². The molecule has 3 nitrogen and oxygen atoms in total. The van der Waals surface area contributed by atoms with Gasteiger partial charge in [-0.3, -0.25) is 4.79 Å². The van der Waals surface area contributed by atoms with Gasteiger partial charge in [0.1, 0.15) is 0 Å². The Labute approximate surface area is 86.6 Å². The van der Waals surface area contributed by atoms with Gasteiger partial charge in [0, 0.05) is 12.5 Å². The minimum absolute atomic E-state index is 0.207. The van der Waals surface area contributed by atoms with Crippen LogP contribution in [-0.4, -0.2) is 25.0 Å². The zero-order valence-corrected chi connectivity index (χ0v) is 9.47. The lowest BCUT2D eigenvalue weighted by Crippen LogP contribution is -2.53. The topological polar surface area (TPSA) is 41.1 Å². The molecule has 0 saturated carbocycles. The summed E-state index contributed by atoms with van der Waals surface area (Å²) >= 11 is 0. The number of rotatable bonds is 3. The smallest absolute Gasteiger partial charge is 0.220 e. The molecule has 14 heavy (non-hydrogen) atoms. The monoisotopic (exact) mass is 198 g/mol. The molecule has 2 atom stereocenters. The van der Waals surface area contributed by atoms with E-state index in [1.165, 1.54) is 0 Å². The highest BCUT2D eigenvalue weighted by atomic mass is 16.1. The molecule has 0 aliphatic carbocycles. The maximum atomic E-state index is 11.5. The molecular weight excluding hydrogens is 176 g/mol. The molecule has 3 heteroatoms. The Balaban J connectivity index is 2.43. The molecule has 0 spiro atoms. The number of hydrogen-bond acceptors (Lipinski definition) is 2. The van der Waals surface area contributed by atoms with Crippen molar-refractivity contribution in [3.63, 3.8) is 0 Å². The summed E-state index contributed by atoms with van der Waals surface area (Å²) in [5.41, 5.74) is 0. The van der Waals surface area contributed by atoms with E-state index >= 15 is 0 Å². The van der Waals surface area contributed by atoms with E-state index in [0.29, 0.717) is 24.3 Å². The Bertz CT molecular complexity index is 184. The van der Waals surface area contributed by atoms with E-state index in [2.05, 4.69) is 24.5 Å². The fourth-order valence-electron chi connectivity index (χ4n) is 2.12. The van der Waals surface area contributed by atoms with Crippen molar-refractivity contribution in [2.45, 2.75) is 39.7 Å². The first-order chi connectivity index (χ1) is 6.65. The van der Waals surface area contributed by atoms with Gasteiger partial charge in [-0.2, -0.15) is 0 Å². The molecule has 2 unspecified atom stereocenters. The Morgan fingerprint density at radius 1 is 1.36 bits per heavy atom. The molecule has 1 saturated heterocycles. The second-order valence-electron chi connectivity index (χ2n) is 4.46. The third-order valence-electron chi connectivity index (χ3n) is 2.96. The third-order valence-corrected chi connectivity index (χ3v) is 2.96. The van der Waals surface area contributed by atoms with Crippen LogP contribution in [0, 0.1) is 11.8 Å². The minimum Gasteiger partial charge on any atom is -0.353 e. The summed E-state index contributed by atoms with van der Waals surface area (Å²) in [6, 6.07) is 0.357. The number of hydrogen-bond donors (Lipinski definition) is 2. The first-order valence-corrected chi connectivity index (χ1v) is 5.65. The third kappa shape index (κ3) is 2.98. The number of carbonyl (C=O) groups excluding carboxylic acids is 1. The lowest BCUT2D eigenvalue weighted by molar-refractivity contribution is -0.122. The standard InChI is InChI=1S/C11H22N2O/c1-4-5-10(14)13-11-8(2)6-12-7-9(11)3/h8-9,11-12H,4-7H2,1-3H3,(H,13,14). The normalized spacial score (nSPS) is 32.6. The van der Waals surface area contributed by atoms with Crippen molar-refractivity contribution in [1.82, 2.24) is 10.6 Å². The largest absolute Gasteiger partial charge is 0.353 e. The molecule has 0 aromatic rings. The van der Waals surface area contributed by atoms with Crippen LogP contribution in [0.15, 0.2) is 0 Å². The van der Waals surface area contributed by atoms with E-state index in [1.54, 1.807) is 0 Å². The van der Waals surface area contributed by atoms with Crippen LogP contribution in [0.3, 0.4) is 0 Å². The molecule has 1 rings (SSSR count). The zero-order valence-electron chi connectivity index (χ0n) is 9.47. The molecule has 2 N–H and O–H groups in total. The van der Waals surface area contributed by atoms with Gasteiger partial charge in [0.25, 0.3) is 0 Å². The molecule has 1 aliphatic heterocycles. The van der Waals surface area contributed by atoms with Crippen LogP contribution in [0.5, 0.6) is 0 Å². The maximum absolute atomic E-state index is 11.5. The maximum Gasteiger partial charge on any atom is 0.220 e. The van der Waals surface area contributed by atoms with E-state index in [1.807, 2.05) is 6.92 Å². The molecule has 1 heterocycles. The van der Waals surface area contributed by atoms with Gasteiger partial charge in [-0.15, -0.1) is 0 Å². The first kappa shape index (κ1) is 11.5. The predicted octanol–water partition coefficient (Wildman–Crippen LogP) is 1.15. The van der Waals surface area contributed by atoms with Crippen LogP contribution in [0.1, 0.15) is 33.6 Å². The van der Waals surface area contributed by atoms with Gasteiger partial charge in [0.05, 0.1) is 0 Å². The van der Waals surface area contributed by atoms with Crippen LogP contribution in [-0.2, 0) is 4.79 Å². The fourth-order valence-corrected chi connectivity index (χ4v) is 2.12. The number of amides is 1. The molecule has 1 aliphatic rings. The molecule has 82 valence electrons. The second kappa shape index (κ2) is 5.35. The van der Waals surface area contributed by atoms with Crippen molar-refractivity contribution in [2.75, 3.05) is 13.1 Å². The van der Waals surface area contributed by atoms with E-state index in [0.717, 1.165) is 19.5 Å². The van der Waals surface area contributed by atoms with Crippen molar-refractivity contribution >= 4 is 5.91 Å². The van der Waals surface area contributed by atoms with Crippen LogP contribution < -0.4 is 10.6 Å². The van der Waals surface area contributed by atoms with Crippen molar-refractivity contribution in [3.8, 4) is 0 Å². The fraction of sp³-hybridized carbons (Fsp3) is 0.909. The quantitative estimate of drug-likeness (QED) is 0.714. The predicted molar refractivity (Wildman–Crippen MR) is 58.0 cm³/mol. The molecular formula is C11H22N2O. The summed E-state index contributed by atoms with van der Waals surface area (Å²) in [5, 5.41) is 6.51. The van der Waals surface area contributed by atoms with Crippen molar-refractivity contribution < 1.29 is 4.79 Å². The molecule has 0 bridgehead atoms. The van der Waals surface area contributed by atoms with Gasteiger partial charge >= 0.3 is 0 Å². The lowest BCUT2D eigenvalue weighted by atomic mass is 9.87. The van der Waals surface area contributed by atoms with Gasteiger partial charge in [-0.05, 0) is 31.3 Å². The molecule has 0 aromatic carbocycles. The number of piperidine rings is 1. The summed E-state index contributed by atoms with van der Waals surface area (Å²) in [5.74, 6) is 1.29. The average molecular weight is 198 g/mol. The highest BCUT2D eigenvalue weighted by Crippen LogP contribution is 2.16. The van der Waals surface area contributed by atoms with Crippen LogP contribution >= 0.6 is 0 Å². The first-order valence-electron chi connectivity index (χ1n) is 5.65. The Morgan fingerprint density at radius 2 is 1.93 bits per heavy atom. The van der Waals surface area contributed by atoms with Gasteiger partial charge in [-0.25, -0.2) is 0 Å². The number of nitrogens with one attached hydrogen (secondary N) is 2. The Kier molecular flexibility index (Phi) is 4.39. The molecule has 0 aromatic heterocycles. The average Bonchev–Trinajstić information content (AvgIpc) is 2.12. The molecule has 1 amide bonds. The molecule has 0 radical (unpaired) electrons. The van der Waals surface area contributed by atoms with Crippen molar-refractivity contribution in [2.24, 2.45) is 11.8 Å². The van der Waals surface area contributed by atoms with Crippen LogP contribution in [0.2, 0.25) is 0 Å². The SMILES string of the molecule is CCCC(=O)NC1C(C)CNCC1C. The summed E-state index contributed by atoms with van der Waals surface area (Å²) in [7, 11) is 0. The molecule has 1 fully saturated rings. The summed E-state index contributed by atoms with van der Waals surface area (Å²) in [6.07, 6.45) is 1.59. The summed E-state index contributed by atoms with van der Waals surface area (Å²) in [6.45, 7) is 8.46. The highest BCUT2D eigenvalue weighted by Gasteiger charge is 2.28. The van der Waals surface area contributed by atoms with E-state index in [-0.39, 0.29) is 5.91 Å². The van der Waals surface area contributed by atoms with E-state index in [4.69, 9.17) is 0 Å². The van der Waals surface area contributed by atoms with Crippen LogP contribution in [0.4, 0.5) is 0 Å². The highest BCUT2D eigenvalue weighted by molar-refractivity contribution is 5.76. The summed E-state index contributed by atoms with van der Waals surface area (Å²) in [4.78, 5) is 11.5. The zero-order chi connectivity index (χ0) is 10.6. The Hall–Kier alpha value is -0.570. The van der Waals surface area contributed by atoms with Gasteiger partial charge in [0.2, 0.25) is 5.91 Å². The van der Waals surface area contributed by atoms with Gasteiger partial charge in [-0.1, -0.05) is 20.8 Å². The van der Waals surface area contributed by atoms with Gasteiger partial charge < -0.3 is 10.6 Å². The minimum atomic E-state index is 0.207. The lowest BCUT2D eigenvalue weighted by Gasteiger charge is -2.35. The van der Waals surface area contributed by atoms with Crippen molar-refractivity contribution in [1.29, 1.82) is 0 Å². The Morgan fingerprint density at radius 3 is 2.43 bits per heavy atom.